The molecule has 0 aliphatic carbocycles. The Kier molecular flexibility index (Phi) is 4.27. The third kappa shape index (κ3) is 3.85. The van der Waals surface area contributed by atoms with Gasteiger partial charge in [0.2, 0.25) is 0 Å². The molecule has 0 N–H and O–H groups in total. The molecule has 0 atom stereocenters. The molecule has 0 radical (unpaired) electrons. The van der Waals surface area contributed by atoms with Crippen LogP contribution in [0.1, 0.15) is 64.5 Å². The Balaban J connectivity index is 1.61. The average molecular weight is 331 g/mol. The van der Waals surface area contributed by atoms with E-state index in [1.807, 2.05) is 25.7 Å². The Hall–Kier alpha value is -1.71. The third-order valence-electron chi connectivity index (χ3n) is 4.71. The number of hydrogen-bond acceptors (Lipinski definition) is 3. The van der Waals surface area contributed by atoms with Gasteiger partial charge in [-0.2, -0.15) is 0 Å². The maximum absolute atomic E-state index is 12.2. The van der Waals surface area contributed by atoms with Crippen molar-refractivity contribution in [1.82, 2.24) is 4.90 Å². The topological polar surface area (TPSA) is 38.8 Å². The molecule has 2 aliphatic rings. The second-order valence-electron chi connectivity index (χ2n) is 8.65. The van der Waals surface area contributed by atoms with Gasteiger partial charge in [-0.1, -0.05) is 12.1 Å². The van der Waals surface area contributed by atoms with E-state index in [0.717, 1.165) is 38.1 Å². The van der Waals surface area contributed by atoms with Crippen molar-refractivity contribution >= 4 is 6.09 Å². The zero-order valence-corrected chi connectivity index (χ0v) is 15.5. The maximum atomic E-state index is 12.2. The van der Waals surface area contributed by atoms with Gasteiger partial charge in [-0.15, -0.1) is 0 Å². The highest BCUT2D eigenvalue weighted by Crippen LogP contribution is 2.38. The SMILES string of the molecule is CC(C)(C)OC(=O)N1CCC(c2ccc3c(c2)OC(C)(C)C3)CC1. The molecule has 1 saturated heterocycles. The van der Waals surface area contributed by atoms with Gasteiger partial charge in [0, 0.05) is 19.5 Å². The number of carbonyl (C=O) groups excluding carboxylic acids is 1. The third-order valence-corrected chi connectivity index (χ3v) is 4.71. The summed E-state index contributed by atoms with van der Waals surface area (Å²) in [6.07, 6.45) is 2.72. The zero-order valence-electron chi connectivity index (χ0n) is 15.5. The summed E-state index contributed by atoms with van der Waals surface area (Å²) in [6, 6.07) is 6.65. The van der Waals surface area contributed by atoms with Crippen molar-refractivity contribution in [2.24, 2.45) is 0 Å². The molecule has 4 heteroatoms. The minimum Gasteiger partial charge on any atom is -0.487 e. The number of nitrogens with zero attached hydrogens (tertiary/aromatic N) is 1. The first-order valence-corrected chi connectivity index (χ1v) is 8.93. The molecule has 1 fully saturated rings. The Morgan fingerprint density at radius 3 is 2.54 bits per heavy atom. The maximum Gasteiger partial charge on any atom is 0.410 e. The minimum absolute atomic E-state index is 0.0962. The predicted octanol–water partition coefficient (Wildman–Crippen LogP) is 4.51. The fraction of sp³-hybridized carbons (Fsp3) is 0.650. The Labute approximate surface area is 145 Å². The first kappa shape index (κ1) is 17.1. The van der Waals surface area contributed by atoms with E-state index < -0.39 is 5.60 Å². The Bertz CT molecular complexity index is 622. The number of piperidine rings is 1. The molecule has 1 aromatic carbocycles. The number of rotatable bonds is 1. The standard InChI is InChI=1S/C20H29NO3/c1-19(2,3)24-18(22)21-10-8-14(9-11-21)15-6-7-16-13-20(4,5)23-17(16)12-15/h6-7,12,14H,8-11,13H2,1-5H3. The molecule has 0 bridgehead atoms. The van der Waals surface area contributed by atoms with Gasteiger partial charge < -0.3 is 14.4 Å². The molecule has 2 heterocycles. The summed E-state index contributed by atoms with van der Waals surface area (Å²) in [5.41, 5.74) is 2.10. The lowest BCUT2D eigenvalue weighted by Gasteiger charge is -2.33. The van der Waals surface area contributed by atoms with E-state index in [1.54, 1.807) is 0 Å². The molecule has 0 aromatic heterocycles. The normalized spacial score (nSPS) is 20.5. The van der Waals surface area contributed by atoms with Crippen LogP contribution in [-0.4, -0.2) is 35.3 Å². The molecular weight excluding hydrogens is 302 g/mol. The van der Waals surface area contributed by atoms with E-state index >= 15 is 0 Å². The van der Waals surface area contributed by atoms with Crippen LogP contribution < -0.4 is 4.74 Å². The van der Waals surface area contributed by atoms with Crippen LogP contribution in [0.3, 0.4) is 0 Å². The quantitative estimate of drug-likeness (QED) is 0.760. The highest BCUT2D eigenvalue weighted by molar-refractivity contribution is 5.68. The molecule has 3 rings (SSSR count). The first-order chi connectivity index (χ1) is 11.1. The van der Waals surface area contributed by atoms with Gasteiger partial charge in [0.15, 0.2) is 0 Å². The molecule has 1 amide bonds. The van der Waals surface area contributed by atoms with Gasteiger partial charge >= 0.3 is 6.09 Å². The van der Waals surface area contributed by atoms with Gasteiger partial charge in [0.1, 0.15) is 17.0 Å². The smallest absolute Gasteiger partial charge is 0.410 e. The molecule has 0 saturated carbocycles. The fourth-order valence-electron chi connectivity index (χ4n) is 3.58. The zero-order chi connectivity index (χ0) is 17.5. The van der Waals surface area contributed by atoms with Crippen LogP contribution in [0.5, 0.6) is 5.75 Å². The van der Waals surface area contributed by atoms with Crippen molar-refractivity contribution in [1.29, 1.82) is 0 Å². The van der Waals surface area contributed by atoms with Crippen molar-refractivity contribution in [2.75, 3.05) is 13.1 Å². The number of benzene rings is 1. The lowest BCUT2D eigenvalue weighted by Crippen LogP contribution is -2.41. The minimum atomic E-state index is -0.432. The molecule has 24 heavy (non-hydrogen) atoms. The molecule has 132 valence electrons. The second kappa shape index (κ2) is 5.98. The van der Waals surface area contributed by atoms with E-state index in [2.05, 4.69) is 32.0 Å². The lowest BCUT2D eigenvalue weighted by atomic mass is 9.88. The lowest BCUT2D eigenvalue weighted by molar-refractivity contribution is 0.0204. The Morgan fingerprint density at radius 2 is 1.92 bits per heavy atom. The number of fused-ring (bicyclic) bond motifs is 1. The van der Waals surface area contributed by atoms with Crippen molar-refractivity contribution in [2.45, 2.75) is 71.0 Å². The molecule has 0 unspecified atom stereocenters. The van der Waals surface area contributed by atoms with Crippen LogP contribution in [0.15, 0.2) is 18.2 Å². The van der Waals surface area contributed by atoms with E-state index in [1.165, 1.54) is 11.1 Å². The van der Waals surface area contributed by atoms with E-state index in [4.69, 9.17) is 9.47 Å². The van der Waals surface area contributed by atoms with E-state index in [-0.39, 0.29) is 11.7 Å². The summed E-state index contributed by atoms with van der Waals surface area (Å²) >= 11 is 0. The fourth-order valence-corrected chi connectivity index (χ4v) is 3.58. The van der Waals surface area contributed by atoms with Gasteiger partial charge in [-0.25, -0.2) is 4.79 Å². The highest BCUT2D eigenvalue weighted by atomic mass is 16.6. The number of likely N-dealkylation sites (tertiary alicyclic amines) is 1. The van der Waals surface area contributed by atoms with Gasteiger partial charge in [0.25, 0.3) is 0 Å². The number of ether oxygens (including phenoxy) is 2. The van der Waals surface area contributed by atoms with Crippen LogP contribution in [0.4, 0.5) is 4.79 Å². The summed E-state index contributed by atoms with van der Waals surface area (Å²) in [4.78, 5) is 14.0. The summed E-state index contributed by atoms with van der Waals surface area (Å²) < 4.78 is 11.5. The summed E-state index contributed by atoms with van der Waals surface area (Å²) in [5, 5.41) is 0. The first-order valence-electron chi connectivity index (χ1n) is 8.93. The van der Waals surface area contributed by atoms with Crippen LogP contribution in [0.25, 0.3) is 0 Å². The summed E-state index contributed by atoms with van der Waals surface area (Å²) in [5.74, 6) is 1.52. The molecule has 0 spiro atoms. The molecular formula is C20H29NO3. The van der Waals surface area contributed by atoms with Crippen LogP contribution in [0, 0.1) is 0 Å². The number of carbonyl (C=O) groups is 1. The van der Waals surface area contributed by atoms with Crippen molar-refractivity contribution < 1.29 is 14.3 Å². The molecule has 1 aromatic rings. The Morgan fingerprint density at radius 1 is 1.25 bits per heavy atom. The van der Waals surface area contributed by atoms with Crippen molar-refractivity contribution in [3.63, 3.8) is 0 Å². The molecule has 4 nitrogen and oxygen atoms in total. The molecule has 2 aliphatic heterocycles. The van der Waals surface area contributed by atoms with Crippen LogP contribution >= 0.6 is 0 Å². The monoisotopic (exact) mass is 331 g/mol. The van der Waals surface area contributed by atoms with Gasteiger partial charge in [0.05, 0.1) is 0 Å². The summed E-state index contributed by atoms with van der Waals surface area (Å²) in [6.45, 7) is 11.5. The summed E-state index contributed by atoms with van der Waals surface area (Å²) in [7, 11) is 0. The number of hydrogen-bond donors (Lipinski definition) is 0. The number of amides is 1. The predicted molar refractivity (Wildman–Crippen MR) is 94.6 cm³/mol. The van der Waals surface area contributed by atoms with Gasteiger partial charge in [-0.05, 0) is 70.6 Å². The van der Waals surface area contributed by atoms with E-state index in [9.17, 15) is 4.79 Å². The van der Waals surface area contributed by atoms with Crippen LogP contribution in [-0.2, 0) is 11.2 Å². The highest BCUT2D eigenvalue weighted by Gasteiger charge is 2.32. The van der Waals surface area contributed by atoms with Crippen LogP contribution in [0.2, 0.25) is 0 Å². The van der Waals surface area contributed by atoms with E-state index in [0.29, 0.717) is 5.92 Å². The van der Waals surface area contributed by atoms with Gasteiger partial charge in [-0.3, -0.25) is 0 Å². The second-order valence-corrected chi connectivity index (χ2v) is 8.65. The largest absolute Gasteiger partial charge is 0.487 e. The van der Waals surface area contributed by atoms with Crippen molar-refractivity contribution in [3.05, 3.63) is 29.3 Å². The van der Waals surface area contributed by atoms with Crippen molar-refractivity contribution in [3.8, 4) is 5.75 Å². The average Bonchev–Trinajstić information content (AvgIpc) is 2.78.